The SMILES string of the molecule is CCNCc1cc(Cl)cc(Cl)c1OCc1ccc(C)cc1. The number of hydrogen-bond acceptors (Lipinski definition) is 2. The summed E-state index contributed by atoms with van der Waals surface area (Å²) in [6, 6.07) is 11.9. The molecular weight excluding hydrogens is 305 g/mol. The number of aryl methyl sites for hydroxylation is 1. The minimum Gasteiger partial charge on any atom is -0.487 e. The van der Waals surface area contributed by atoms with E-state index in [1.165, 1.54) is 5.56 Å². The first kappa shape index (κ1) is 16.2. The molecule has 112 valence electrons. The fourth-order valence-electron chi connectivity index (χ4n) is 2.01. The topological polar surface area (TPSA) is 21.3 Å². The Morgan fingerprint density at radius 1 is 1.10 bits per heavy atom. The summed E-state index contributed by atoms with van der Waals surface area (Å²) in [5, 5.41) is 4.43. The van der Waals surface area contributed by atoms with Gasteiger partial charge in [-0.15, -0.1) is 0 Å². The Balaban J connectivity index is 2.15. The Kier molecular flexibility index (Phi) is 5.92. The number of nitrogens with one attached hydrogen (secondary N) is 1. The minimum atomic E-state index is 0.487. The molecule has 0 heterocycles. The van der Waals surface area contributed by atoms with Crippen molar-refractivity contribution in [1.82, 2.24) is 5.32 Å². The molecule has 0 radical (unpaired) electrons. The van der Waals surface area contributed by atoms with Gasteiger partial charge in [0, 0.05) is 17.1 Å². The largest absolute Gasteiger partial charge is 0.487 e. The van der Waals surface area contributed by atoms with Crippen LogP contribution in [0.25, 0.3) is 0 Å². The Bertz CT molecular complexity index is 596. The second-order valence-electron chi connectivity index (χ2n) is 4.93. The molecule has 0 bridgehead atoms. The van der Waals surface area contributed by atoms with Gasteiger partial charge in [-0.05, 0) is 31.2 Å². The molecule has 0 aliphatic heterocycles. The summed E-state index contributed by atoms with van der Waals surface area (Å²) in [6.45, 7) is 6.16. The second-order valence-corrected chi connectivity index (χ2v) is 5.77. The predicted molar refractivity (Wildman–Crippen MR) is 89.4 cm³/mol. The molecule has 1 N–H and O–H groups in total. The lowest BCUT2D eigenvalue weighted by atomic mass is 10.1. The summed E-state index contributed by atoms with van der Waals surface area (Å²) >= 11 is 12.3. The number of halogens is 2. The summed E-state index contributed by atoms with van der Waals surface area (Å²) in [4.78, 5) is 0. The van der Waals surface area contributed by atoms with Crippen LogP contribution in [0.4, 0.5) is 0 Å². The van der Waals surface area contributed by atoms with Gasteiger partial charge in [-0.3, -0.25) is 0 Å². The van der Waals surface area contributed by atoms with Crippen molar-refractivity contribution in [2.75, 3.05) is 6.54 Å². The van der Waals surface area contributed by atoms with Gasteiger partial charge in [0.05, 0.1) is 5.02 Å². The molecule has 0 aliphatic carbocycles. The van der Waals surface area contributed by atoms with E-state index in [2.05, 4.69) is 43.4 Å². The number of hydrogen-bond donors (Lipinski definition) is 1. The zero-order valence-electron chi connectivity index (χ0n) is 12.2. The lowest BCUT2D eigenvalue weighted by molar-refractivity contribution is 0.302. The van der Waals surface area contributed by atoms with E-state index in [-0.39, 0.29) is 0 Å². The van der Waals surface area contributed by atoms with Crippen LogP contribution in [0.1, 0.15) is 23.6 Å². The third-order valence-corrected chi connectivity index (χ3v) is 3.65. The van der Waals surface area contributed by atoms with Crippen LogP contribution < -0.4 is 10.1 Å². The van der Waals surface area contributed by atoms with E-state index in [4.69, 9.17) is 27.9 Å². The number of ether oxygens (including phenoxy) is 1. The molecular formula is C17H19Cl2NO. The first-order valence-electron chi connectivity index (χ1n) is 6.97. The molecule has 2 rings (SSSR count). The van der Waals surface area contributed by atoms with E-state index < -0.39 is 0 Å². The van der Waals surface area contributed by atoms with Crippen LogP contribution in [-0.2, 0) is 13.2 Å². The molecule has 0 unspecified atom stereocenters. The lowest BCUT2D eigenvalue weighted by Gasteiger charge is -2.14. The van der Waals surface area contributed by atoms with E-state index in [1.54, 1.807) is 6.07 Å². The van der Waals surface area contributed by atoms with Crippen molar-refractivity contribution >= 4 is 23.2 Å². The maximum Gasteiger partial charge on any atom is 0.142 e. The Hall–Kier alpha value is -1.22. The van der Waals surface area contributed by atoms with Gasteiger partial charge in [0.15, 0.2) is 0 Å². The highest BCUT2D eigenvalue weighted by Crippen LogP contribution is 2.33. The van der Waals surface area contributed by atoms with Gasteiger partial charge in [-0.1, -0.05) is 60.0 Å². The molecule has 0 spiro atoms. The van der Waals surface area contributed by atoms with Gasteiger partial charge in [0.1, 0.15) is 12.4 Å². The van der Waals surface area contributed by atoms with Crippen LogP contribution in [0.15, 0.2) is 36.4 Å². The van der Waals surface area contributed by atoms with E-state index in [0.29, 0.717) is 28.9 Å². The molecule has 0 amide bonds. The van der Waals surface area contributed by atoms with Crippen molar-refractivity contribution in [2.45, 2.75) is 27.0 Å². The highest BCUT2D eigenvalue weighted by Gasteiger charge is 2.11. The van der Waals surface area contributed by atoms with Crippen molar-refractivity contribution in [2.24, 2.45) is 0 Å². The average molecular weight is 324 g/mol. The molecule has 4 heteroatoms. The molecule has 2 nitrogen and oxygen atoms in total. The minimum absolute atomic E-state index is 0.487. The molecule has 0 aromatic heterocycles. The van der Waals surface area contributed by atoms with Crippen molar-refractivity contribution in [1.29, 1.82) is 0 Å². The summed E-state index contributed by atoms with van der Waals surface area (Å²) in [6.07, 6.45) is 0. The summed E-state index contributed by atoms with van der Waals surface area (Å²) in [5.41, 5.74) is 3.32. The van der Waals surface area contributed by atoms with Gasteiger partial charge >= 0.3 is 0 Å². The normalized spacial score (nSPS) is 10.7. The first-order chi connectivity index (χ1) is 10.1. The zero-order valence-corrected chi connectivity index (χ0v) is 13.8. The van der Waals surface area contributed by atoms with E-state index >= 15 is 0 Å². The number of rotatable bonds is 6. The molecule has 0 fully saturated rings. The fraction of sp³-hybridized carbons (Fsp3) is 0.294. The van der Waals surface area contributed by atoms with Crippen LogP contribution in [0, 0.1) is 6.92 Å². The van der Waals surface area contributed by atoms with Crippen molar-refractivity contribution < 1.29 is 4.74 Å². The molecule has 21 heavy (non-hydrogen) atoms. The predicted octanol–water partition coefficient (Wildman–Crippen LogP) is 4.99. The second kappa shape index (κ2) is 7.69. The average Bonchev–Trinajstić information content (AvgIpc) is 2.45. The standard InChI is InChI=1S/C17H19Cl2NO/c1-3-20-10-14-8-15(18)9-16(19)17(14)21-11-13-6-4-12(2)5-7-13/h4-9,20H,3,10-11H2,1-2H3. The Labute approximate surface area is 136 Å². The van der Waals surface area contributed by atoms with Crippen molar-refractivity contribution in [3.05, 3.63) is 63.1 Å². The van der Waals surface area contributed by atoms with Crippen molar-refractivity contribution in [3.63, 3.8) is 0 Å². The van der Waals surface area contributed by atoms with Gasteiger partial charge in [0.2, 0.25) is 0 Å². The van der Waals surface area contributed by atoms with E-state index in [1.807, 2.05) is 6.07 Å². The third-order valence-electron chi connectivity index (χ3n) is 3.15. The van der Waals surface area contributed by atoms with Crippen LogP contribution >= 0.6 is 23.2 Å². The zero-order chi connectivity index (χ0) is 15.2. The first-order valence-corrected chi connectivity index (χ1v) is 7.72. The molecule has 0 saturated carbocycles. The molecule has 0 aliphatic rings. The smallest absolute Gasteiger partial charge is 0.142 e. The summed E-state index contributed by atoms with van der Waals surface area (Å²) < 4.78 is 5.92. The van der Waals surface area contributed by atoms with Crippen LogP contribution in [0.3, 0.4) is 0 Å². The van der Waals surface area contributed by atoms with Crippen LogP contribution in [-0.4, -0.2) is 6.54 Å². The summed E-state index contributed by atoms with van der Waals surface area (Å²) in [7, 11) is 0. The lowest BCUT2D eigenvalue weighted by Crippen LogP contribution is -2.13. The van der Waals surface area contributed by atoms with E-state index in [0.717, 1.165) is 17.7 Å². The highest BCUT2D eigenvalue weighted by atomic mass is 35.5. The van der Waals surface area contributed by atoms with E-state index in [9.17, 15) is 0 Å². The van der Waals surface area contributed by atoms with Gasteiger partial charge in [0.25, 0.3) is 0 Å². The fourth-order valence-corrected chi connectivity index (χ4v) is 2.60. The molecule has 2 aromatic carbocycles. The third kappa shape index (κ3) is 4.63. The Morgan fingerprint density at radius 2 is 1.81 bits per heavy atom. The summed E-state index contributed by atoms with van der Waals surface area (Å²) in [5.74, 6) is 0.697. The Morgan fingerprint density at radius 3 is 2.48 bits per heavy atom. The molecule has 0 saturated heterocycles. The number of benzene rings is 2. The van der Waals surface area contributed by atoms with Crippen molar-refractivity contribution in [3.8, 4) is 5.75 Å². The quantitative estimate of drug-likeness (QED) is 0.808. The molecule has 0 atom stereocenters. The maximum absolute atomic E-state index is 6.27. The molecule has 2 aromatic rings. The maximum atomic E-state index is 6.27. The monoisotopic (exact) mass is 323 g/mol. The van der Waals surface area contributed by atoms with Gasteiger partial charge < -0.3 is 10.1 Å². The van der Waals surface area contributed by atoms with Gasteiger partial charge in [-0.2, -0.15) is 0 Å². The van der Waals surface area contributed by atoms with Crippen LogP contribution in [0.2, 0.25) is 10.0 Å². The highest BCUT2D eigenvalue weighted by molar-refractivity contribution is 6.35. The van der Waals surface area contributed by atoms with Gasteiger partial charge in [-0.25, -0.2) is 0 Å². The van der Waals surface area contributed by atoms with Crippen LogP contribution in [0.5, 0.6) is 5.75 Å².